The molecule has 0 saturated carbocycles. The molecule has 1 aromatic rings. The maximum absolute atomic E-state index is 5.80. The van der Waals surface area contributed by atoms with Crippen LogP contribution in [-0.4, -0.2) is 32.3 Å². The van der Waals surface area contributed by atoms with Gasteiger partial charge in [0.1, 0.15) is 0 Å². The Morgan fingerprint density at radius 2 is 2.00 bits per heavy atom. The Bertz CT molecular complexity index is 443. The highest BCUT2D eigenvalue weighted by Gasteiger charge is 2.12. The van der Waals surface area contributed by atoms with E-state index >= 15 is 0 Å². The van der Waals surface area contributed by atoms with Gasteiger partial charge in [0.15, 0.2) is 11.5 Å². The lowest BCUT2D eigenvalue weighted by molar-refractivity contribution is 0.223. The van der Waals surface area contributed by atoms with Crippen LogP contribution in [0, 0.1) is 5.92 Å². The number of hydrogen-bond acceptors (Lipinski definition) is 4. The molecular formula is C18H30N2O2. The molecule has 2 N–H and O–H groups in total. The van der Waals surface area contributed by atoms with Crippen molar-refractivity contribution in [3.05, 3.63) is 23.8 Å². The number of nitrogens with one attached hydrogen (secondary N) is 2. The van der Waals surface area contributed by atoms with Crippen molar-refractivity contribution in [1.82, 2.24) is 10.6 Å². The zero-order valence-electron chi connectivity index (χ0n) is 14.2. The van der Waals surface area contributed by atoms with Crippen LogP contribution in [0.5, 0.6) is 11.5 Å². The average Bonchev–Trinajstić information content (AvgIpc) is 2.51. The molecule has 124 valence electrons. The zero-order valence-corrected chi connectivity index (χ0v) is 14.2. The molecule has 2 rings (SSSR count). The zero-order chi connectivity index (χ0) is 15.8. The lowest BCUT2D eigenvalue weighted by atomic mass is 9.98. The van der Waals surface area contributed by atoms with Gasteiger partial charge in [-0.25, -0.2) is 0 Å². The van der Waals surface area contributed by atoms with E-state index in [0.29, 0.717) is 6.61 Å². The summed E-state index contributed by atoms with van der Waals surface area (Å²) in [5, 5.41) is 6.98. The highest BCUT2D eigenvalue weighted by molar-refractivity contribution is 5.43. The summed E-state index contributed by atoms with van der Waals surface area (Å²) in [6.45, 7) is 11.0. The predicted octanol–water partition coefficient (Wildman–Crippen LogP) is 2.96. The van der Waals surface area contributed by atoms with Crippen LogP contribution in [0.1, 0.15) is 39.2 Å². The molecule has 0 spiro atoms. The standard InChI is InChI=1S/C18H30N2O2/c1-4-21-18-11-16(5-6-17(18)22-14(2)3)13-20-12-15-7-9-19-10-8-15/h5-6,11,14-15,19-20H,4,7-10,12-13H2,1-3H3. The SMILES string of the molecule is CCOc1cc(CNCC2CCNCC2)ccc1OC(C)C. The van der Waals surface area contributed by atoms with Gasteiger partial charge in [-0.2, -0.15) is 0 Å². The van der Waals surface area contributed by atoms with Gasteiger partial charge in [-0.05, 0) is 76.9 Å². The van der Waals surface area contributed by atoms with Gasteiger partial charge in [0.05, 0.1) is 12.7 Å². The first kappa shape index (κ1) is 17.1. The number of piperidine rings is 1. The van der Waals surface area contributed by atoms with Gasteiger partial charge in [0.25, 0.3) is 0 Å². The van der Waals surface area contributed by atoms with E-state index in [0.717, 1.165) is 43.6 Å². The quantitative estimate of drug-likeness (QED) is 0.775. The van der Waals surface area contributed by atoms with Crippen LogP contribution in [0.4, 0.5) is 0 Å². The van der Waals surface area contributed by atoms with Gasteiger partial charge in [0, 0.05) is 6.54 Å². The van der Waals surface area contributed by atoms with Gasteiger partial charge in [0.2, 0.25) is 0 Å². The maximum atomic E-state index is 5.80. The predicted molar refractivity (Wildman–Crippen MR) is 90.7 cm³/mol. The van der Waals surface area contributed by atoms with Crippen molar-refractivity contribution in [3.63, 3.8) is 0 Å². The second kappa shape index (κ2) is 9.01. The number of benzene rings is 1. The van der Waals surface area contributed by atoms with E-state index in [1.165, 1.54) is 18.4 Å². The topological polar surface area (TPSA) is 42.5 Å². The molecule has 0 radical (unpaired) electrons. The molecule has 1 fully saturated rings. The van der Waals surface area contributed by atoms with E-state index in [2.05, 4.69) is 22.8 Å². The molecule has 1 saturated heterocycles. The average molecular weight is 306 g/mol. The lowest BCUT2D eigenvalue weighted by Crippen LogP contribution is -2.33. The third kappa shape index (κ3) is 5.50. The minimum absolute atomic E-state index is 0.156. The van der Waals surface area contributed by atoms with Gasteiger partial charge >= 0.3 is 0 Å². The summed E-state index contributed by atoms with van der Waals surface area (Å²) in [6, 6.07) is 6.23. The molecule has 4 nitrogen and oxygen atoms in total. The fraction of sp³-hybridized carbons (Fsp3) is 0.667. The fourth-order valence-corrected chi connectivity index (χ4v) is 2.79. The third-order valence-corrected chi connectivity index (χ3v) is 3.89. The van der Waals surface area contributed by atoms with Crippen LogP contribution >= 0.6 is 0 Å². The Kier molecular flexibility index (Phi) is 7.00. The first-order valence-electron chi connectivity index (χ1n) is 8.52. The van der Waals surface area contributed by atoms with Gasteiger partial charge < -0.3 is 20.1 Å². The van der Waals surface area contributed by atoms with E-state index < -0.39 is 0 Å². The van der Waals surface area contributed by atoms with Crippen LogP contribution in [-0.2, 0) is 6.54 Å². The Labute approximate surface area is 134 Å². The monoisotopic (exact) mass is 306 g/mol. The van der Waals surface area contributed by atoms with E-state index in [9.17, 15) is 0 Å². The minimum atomic E-state index is 0.156. The van der Waals surface area contributed by atoms with Crippen molar-refractivity contribution < 1.29 is 9.47 Å². The molecule has 4 heteroatoms. The van der Waals surface area contributed by atoms with Crippen LogP contribution < -0.4 is 20.1 Å². The fourth-order valence-electron chi connectivity index (χ4n) is 2.79. The van der Waals surface area contributed by atoms with Gasteiger partial charge in [-0.15, -0.1) is 0 Å². The van der Waals surface area contributed by atoms with Crippen LogP contribution in [0.3, 0.4) is 0 Å². The first-order chi connectivity index (χ1) is 10.7. The molecule has 1 aromatic carbocycles. The van der Waals surface area contributed by atoms with E-state index in [1.54, 1.807) is 0 Å². The van der Waals surface area contributed by atoms with Crippen LogP contribution in [0.25, 0.3) is 0 Å². The Morgan fingerprint density at radius 3 is 2.68 bits per heavy atom. The molecular weight excluding hydrogens is 276 g/mol. The number of ether oxygens (including phenoxy) is 2. The Hall–Kier alpha value is -1.26. The van der Waals surface area contributed by atoms with E-state index in [1.807, 2.05) is 26.8 Å². The first-order valence-corrected chi connectivity index (χ1v) is 8.52. The molecule has 0 aliphatic carbocycles. The molecule has 0 atom stereocenters. The van der Waals surface area contributed by atoms with Crippen LogP contribution in [0.2, 0.25) is 0 Å². The van der Waals surface area contributed by atoms with Crippen molar-refractivity contribution in [1.29, 1.82) is 0 Å². The summed E-state index contributed by atoms with van der Waals surface area (Å²) in [5.74, 6) is 2.48. The number of rotatable bonds is 8. The highest BCUT2D eigenvalue weighted by Crippen LogP contribution is 2.29. The molecule has 0 amide bonds. The molecule has 1 aliphatic rings. The normalized spacial score (nSPS) is 16.0. The van der Waals surface area contributed by atoms with Crippen molar-refractivity contribution >= 4 is 0 Å². The Balaban J connectivity index is 1.88. The molecule has 22 heavy (non-hydrogen) atoms. The van der Waals surface area contributed by atoms with Gasteiger partial charge in [-0.1, -0.05) is 6.07 Å². The molecule has 0 bridgehead atoms. The summed E-state index contributed by atoms with van der Waals surface area (Å²) in [7, 11) is 0. The maximum Gasteiger partial charge on any atom is 0.161 e. The van der Waals surface area contributed by atoms with Crippen molar-refractivity contribution in [2.24, 2.45) is 5.92 Å². The summed E-state index contributed by atoms with van der Waals surface area (Å²) >= 11 is 0. The molecule has 0 unspecified atom stereocenters. The Morgan fingerprint density at radius 1 is 1.23 bits per heavy atom. The molecule has 1 heterocycles. The lowest BCUT2D eigenvalue weighted by Gasteiger charge is -2.23. The minimum Gasteiger partial charge on any atom is -0.490 e. The van der Waals surface area contributed by atoms with E-state index in [4.69, 9.17) is 9.47 Å². The second-order valence-electron chi connectivity index (χ2n) is 6.20. The van der Waals surface area contributed by atoms with E-state index in [-0.39, 0.29) is 6.10 Å². The van der Waals surface area contributed by atoms with Crippen molar-refractivity contribution in [2.75, 3.05) is 26.2 Å². The van der Waals surface area contributed by atoms with Crippen molar-refractivity contribution in [3.8, 4) is 11.5 Å². The largest absolute Gasteiger partial charge is 0.490 e. The molecule has 1 aliphatic heterocycles. The smallest absolute Gasteiger partial charge is 0.161 e. The number of hydrogen-bond donors (Lipinski definition) is 2. The summed E-state index contributed by atoms with van der Waals surface area (Å²) < 4.78 is 11.5. The summed E-state index contributed by atoms with van der Waals surface area (Å²) in [6.07, 6.45) is 2.71. The van der Waals surface area contributed by atoms with Crippen molar-refractivity contribution in [2.45, 2.75) is 46.3 Å². The van der Waals surface area contributed by atoms with Crippen LogP contribution in [0.15, 0.2) is 18.2 Å². The third-order valence-electron chi connectivity index (χ3n) is 3.89. The second-order valence-corrected chi connectivity index (χ2v) is 6.20. The highest BCUT2D eigenvalue weighted by atomic mass is 16.5. The van der Waals surface area contributed by atoms with Gasteiger partial charge in [-0.3, -0.25) is 0 Å². The summed E-state index contributed by atoms with van der Waals surface area (Å²) in [4.78, 5) is 0. The molecule has 0 aromatic heterocycles. The summed E-state index contributed by atoms with van der Waals surface area (Å²) in [5.41, 5.74) is 1.24.